The molecule has 0 saturated carbocycles. The highest BCUT2D eigenvalue weighted by Crippen LogP contribution is 2.17. The van der Waals surface area contributed by atoms with Gasteiger partial charge in [0.05, 0.1) is 11.6 Å². The molecule has 0 aromatic carbocycles. The van der Waals surface area contributed by atoms with Crippen LogP contribution in [0, 0.1) is 18.3 Å². The van der Waals surface area contributed by atoms with E-state index in [-0.39, 0.29) is 6.61 Å². The molecule has 1 heterocycles. The Labute approximate surface area is 103 Å². The van der Waals surface area contributed by atoms with Gasteiger partial charge in [-0.2, -0.15) is 5.26 Å². The Bertz CT molecular complexity index is 410. The van der Waals surface area contributed by atoms with E-state index in [4.69, 9.17) is 10.4 Å². The lowest BCUT2D eigenvalue weighted by atomic mass is 10.2. The summed E-state index contributed by atoms with van der Waals surface area (Å²) in [5.74, 6) is 0.810. The molecule has 1 N–H and O–H groups in total. The number of aliphatic hydroxyl groups excluding tert-OH is 1. The fraction of sp³-hybridized carbons (Fsp3) is 0.538. The minimum absolute atomic E-state index is 0.167. The molecule has 0 unspecified atom stereocenters. The Balaban J connectivity index is 3.01. The fourth-order valence-corrected chi connectivity index (χ4v) is 1.74. The summed E-state index contributed by atoms with van der Waals surface area (Å²) in [7, 11) is 0. The summed E-state index contributed by atoms with van der Waals surface area (Å²) >= 11 is 0. The molecule has 0 saturated heterocycles. The zero-order valence-electron chi connectivity index (χ0n) is 10.6. The van der Waals surface area contributed by atoms with Gasteiger partial charge in [0.1, 0.15) is 5.82 Å². The largest absolute Gasteiger partial charge is 0.396 e. The van der Waals surface area contributed by atoms with E-state index in [1.165, 1.54) is 0 Å². The molecule has 4 nitrogen and oxygen atoms in total. The van der Waals surface area contributed by atoms with Crippen LogP contribution >= 0.6 is 0 Å². The van der Waals surface area contributed by atoms with Crippen LogP contribution in [-0.2, 0) is 0 Å². The third kappa shape index (κ3) is 3.72. The molecule has 0 spiro atoms. The van der Waals surface area contributed by atoms with Gasteiger partial charge >= 0.3 is 0 Å². The van der Waals surface area contributed by atoms with Crippen LogP contribution < -0.4 is 4.90 Å². The van der Waals surface area contributed by atoms with Crippen molar-refractivity contribution in [1.29, 1.82) is 5.26 Å². The maximum Gasteiger partial charge on any atom is 0.130 e. The lowest BCUT2D eigenvalue weighted by Gasteiger charge is -2.28. The van der Waals surface area contributed by atoms with Gasteiger partial charge in [-0.15, -0.1) is 0 Å². The molecule has 1 rings (SSSR count). The number of hydrogen-bond acceptors (Lipinski definition) is 4. The number of aliphatic hydroxyl groups is 1. The molecule has 92 valence electrons. The van der Waals surface area contributed by atoms with E-state index >= 15 is 0 Å². The normalized spacial score (nSPS) is 10.4. The minimum atomic E-state index is 0.167. The maximum absolute atomic E-state index is 8.95. The molecule has 0 atom stereocenters. The number of hydrogen-bond donors (Lipinski definition) is 1. The average molecular weight is 233 g/mol. The topological polar surface area (TPSA) is 60.2 Å². The van der Waals surface area contributed by atoms with Crippen molar-refractivity contribution in [3.63, 3.8) is 0 Å². The summed E-state index contributed by atoms with van der Waals surface area (Å²) in [6.07, 6.45) is 0.704. The monoisotopic (exact) mass is 233 g/mol. The molecule has 4 heteroatoms. The van der Waals surface area contributed by atoms with E-state index in [1.54, 1.807) is 12.1 Å². The Kier molecular flexibility index (Phi) is 4.92. The lowest BCUT2D eigenvalue weighted by Crippen LogP contribution is -2.33. The summed E-state index contributed by atoms with van der Waals surface area (Å²) in [6, 6.07) is 6.00. The zero-order chi connectivity index (χ0) is 12.8. The predicted molar refractivity (Wildman–Crippen MR) is 67.9 cm³/mol. The third-order valence-electron chi connectivity index (χ3n) is 2.54. The average Bonchev–Trinajstić information content (AvgIpc) is 2.28. The molecule has 0 aliphatic rings. The van der Waals surface area contributed by atoms with Crippen LogP contribution in [0.25, 0.3) is 0 Å². The number of pyridine rings is 1. The fourth-order valence-electron chi connectivity index (χ4n) is 1.74. The smallest absolute Gasteiger partial charge is 0.130 e. The second-order valence-electron chi connectivity index (χ2n) is 4.33. The number of rotatable bonds is 5. The van der Waals surface area contributed by atoms with E-state index in [0.29, 0.717) is 18.0 Å². The van der Waals surface area contributed by atoms with Crippen LogP contribution in [0.2, 0.25) is 0 Å². The van der Waals surface area contributed by atoms with Gasteiger partial charge in [-0.3, -0.25) is 0 Å². The predicted octanol–water partition coefficient (Wildman–Crippen LogP) is 1.86. The van der Waals surface area contributed by atoms with Crippen molar-refractivity contribution in [2.75, 3.05) is 18.1 Å². The number of anilines is 1. The summed E-state index contributed by atoms with van der Waals surface area (Å²) in [5.41, 5.74) is 1.47. The van der Waals surface area contributed by atoms with Crippen LogP contribution in [0.5, 0.6) is 0 Å². The number of aromatic nitrogens is 1. The second kappa shape index (κ2) is 6.21. The molecule has 1 aromatic heterocycles. The van der Waals surface area contributed by atoms with Crippen LogP contribution in [0.1, 0.15) is 31.5 Å². The summed E-state index contributed by atoms with van der Waals surface area (Å²) in [5, 5.41) is 17.8. The van der Waals surface area contributed by atoms with Crippen LogP contribution in [0.3, 0.4) is 0 Å². The highest BCUT2D eigenvalue weighted by Gasteiger charge is 2.12. The van der Waals surface area contributed by atoms with E-state index in [2.05, 4.69) is 29.8 Å². The van der Waals surface area contributed by atoms with Crippen LogP contribution in [0.4, 0.5) is 5.82 Å². The molecule has 1 aromatic rings. The van der Waals surface area contributed by atoms with Gasteiger partial charge in [0.15, 0.2) is 0 Å². The minimum Gasteiger partial charge on any atom is -0.396 e. The van der Waals surface area contributed by atoms with E-state index in [9.17, 15) is 0 Å². The molecule has 0 aliphatic heterocycles. The van der Waals surface area contributed by atoms with E-state index in [1.807, 2.05) is 6.92 Å². The van der Waals surface area contributed by atoms with E-state index < -0.39 is 0 Å². The van der Waals surface area contributed by atoms with Gasteiger partial charge in [-0.1, -0.05) is 0 Å². The first-order valence-corrected chi connectivity index (χ1v) is 5.84. The first-order valence-electron chi connectivity index (χ1n) is 5.84. The first-order chi connectivity index (χ1) is 8.08. The molecule has 0 bridgehead atoms. The van der Waals surface area contributed by atoms with Gasteiger partial charge in [-0.05, 0) is 39.3 Å². The van der Waals surface area contributed by atoms with E-state index in [0.717, 1.165) is 18.1 Å². The van der Waals surface area contributed by atoms with Crippen molar-refractivity contribution in [2.24, 2.45) is 0 Å². The Morgan fingerprint density at radius 2 is 2.18 bits per heavy atom. The summed E-state index contributed by atoms with van der Waals surface area (Å²) in [6.45, 7) is 6.95. The highest BCUT2D eigenvalue weighted by atomic mass is 16.3. The molecule has 17 heavy (non-hydrogen) atoms. The zero-order valence-corrected chi connectivity index (χ0v) is 10.6. The number of aryl methyl sites for hydroxylation is 1. The second-order valence-corrected chi connectivity index (χ2v) is 4.33. The number of nitrogens with zero attached hydrogens (tertiary/aromatic N) is 3. The quantitative estimate of drug-likeness (QED) is 0.843. The first kappa shape index (κ1) is 13.5. The molecule has 0 fully saturated rings. The van der Waals surface area contributed by atoms with Crippen molar-refractivity contribution in [3.8, 4) is 6.07 Å². The molecule has 0 radical (unpaired) electrons. The van der Waals surface area contributed by atoms with Crippen molar-refractivity contribution in [1.82, 2.24) is 4.98 Å². The van der Waals surface area contributed by atoms with Crippen molar-refractivity contribution in [3.05, 3.63) is 23.4 Å². The summed E-state index contributed by atoms with van der Waals surface area (Å²) < 4.78 is 0. The molecule has 0 aliphatic carbocycles. The Hall–Kier alpha value is -1.60. The van der Waals surface area contributed by atoms with Gasteiger partial charge in [0, 0.05) is 24.9 Å². The van der Waals surface area contributed by atoms with Gasteiger partial charge < -0.3 is 10.0 Å². The Morgan fingerprint density at radius 3 is 2.71 bits per heavy atom. The molecular formula is C13H19N3O. The van der Waals surface area contributed by atoms with Crippen LogP contribution in [0.15, 0.2) is 12.1 Å². The Morgan fingerprint density at radius 1 is 1.47 bits per heavy atom. The maximum atomic E-state index is 8.95. The third-order valence-corrected chi connectivity index (χ3v) is 2.54. The summed E-state index contributed by atoms with van der Waals surface area (Å²) in [4.78, 5) is 6.55. The number of nitriles is 1. The van der Waals surface area contributed by atoms with Crippen molar-refractivity contribution >= 4 is 5.82 Å². The molecule has 0 amide bonds. The SMILES string of the molecule is Cc1cc(C#N)cc(N(CCCO)C(C)C)n1. The standard InChI is InChI=1S/C13H19N3O/c1-10(2)16(5-4-6-17)13-8-12(9-14)7-11(3)15-13/h7-8,10,17H,4-6H2,1-3H3. The molecular weight excluding hydrogens is 214 g/mol. The van der Waals surface area contributed by atoms with Gasteiger partial charge in [0.2, 0.25) is 0 Å². The van der Waals surface area contributed by atoms with Crippen molar-refractivity contribution < 1.29 is 5.11 Å². The van der Waals surface area contributed by atoms with Crippen LogP contribution in [-0.4, -0.2) is 29.3 Å². The lowest BCUT2D eigenvalue weighted by molar-refractivity contribution is 0.288. The van der Waals surface area contributed by atoms with Crippen molar-refractivity contribution in [2.45, 2.75) is 33.2 Å². The highest BCUT2D eigenvalue weighted by molar-refractivity contribution is 5.47. The van der Waals surface area contributed by atoms with Gasteiger partial charge in [-0.25, -0.2) is 4.98 Å². The van der Waals surface area contributed by atoms with Gasteiger partial charge in [0.25, 0.3) is 0 Å².